The number of aliphatic hydroxyl groups is 3. The monoisotopic (exact) mass is 286 g/mol. The Bertz CT molecular complexity index is 94.8. The molecule has 0 radical (unpaired) electrons. The molecule has 0 saturated heterocycles. The highest BCUT2D eigenvalue weighted by molar-refractivity contribution is 7.80. The first-order valence-electron chi connectivity index (χ1n) is 6.12. The number of thiol groups is 2. The lowest BCUT2D eigenvalue weighted by Gasteiger charge is -2.24. The van der Waals surface area contributed by atoms with Gasteiger partial charge in [-0.1, -0.05) is 20.8 Å². The van der Waals surface area contributed by atoms with Crippen LogP contribution in [0.3, 0.4) is 0 Å². The van der Waals surface area contributed by atoms with Crippen molar-refractivity contribution in [3.8, 4) is 0 Å². The molecule has 0 atom stereocenters. The van der Waals surface area contributed by atoms with Crippen LogP contribution in [0.5, 0.6) is 0 Å². The molecule has 0 unspecified atom stereocenters. The van der Waals surface area contributed by atoms with Crippen LogP contribution in [0.15, 0.2) is 0 Å². The van der Waals surface area contributed by atoms with E-state index in [0.717, 1.165) is 11.5 Å². The molecule has 0 amide bonds. The van der Waals surface area contributed by atoms with Crippen LogP contribution in [-0.2, 0) is 0 Å². The van der Waals surface area contributed by atoms with E-state index < -0.39 is 5.41 Å². The summed E-state index contributed by atoms with van der Waals surface area (Å²) in [5, 5.41) is 26.0. The molecular weight excluding hydrogens is 256 g/mol. The lowest BCUT2D eigenvalue weighted by molar-refractivity contribution is 0.00304. The Morgan fingerprint density at radius 1 is 0.765 bits per heavy atom. The van der Waals surface area contributed by atoms with Gasteiger partial charge in [-0.3, -0.25) is 0 Å². The van der Waals surface area contributed by atoms with Crippen molar-refractivity contribution < 1.29 is 15.3 Å². The van der Waals surface area contributed by atoms with Gasteiger partial charge in [0.2, 0.25) is 0 Å². The molecule has 0 aliphatic carbocycles. The van der Waals surface area contributed by atoms with Crippen LogP contribution in [0.4, 0.5) is 0 Å². The van der Waals surface area contributed by atoms with Gasteiger partial charge in [0.05, 0.1) is 19.8 Å². The Morgan fingerprint density at radius 2 is 1.00 bits per heavy atom. The maximum absolute atomic E-state index is 8.66. The molecule has 0 aromatic carbocycles. The second-order valence-corrected chi connectivity index (χ2v) is 4.67. The molecule has 0 aliphatic heterocycles. The summed E-state index contributed by atoms with van der Waals surface area (Å²) in [7, 11) is 0. The van der Waals surface area contributed by atoms with Gasteiger partial charge < -0.3 is 15.3 Å². The number of hydrogen-bond donors (Lipinski definition) is 5. The van der Waals surface area contributed by atoms with Gasteiger partial charge in [-0.25, -0.2) is 0 Å². The maximum Gasteiger partial charge on any atom is 0.0531 e. The molecule has 17 heavy (non-hydrogen) atoms. The third-order valence-electron chi connectivity index (χ3n) is 2.20. The van der Waals surface area contributed by atoms with Crippen LogP contribution in [0, 0.1) is 5.41 Å². The summed E-state index contributed by atoms with van der Waals surface area (Å²) < 4.78 is 0. The molecule has 0 saturated carbocycles. The van der Waals surface area contributed by atoms with Crippen LogP contribution in [0.1, 0.15) is 40.0 Å². The molecule has 0 aromatic heterocycles. The highest BCUT2D eigenvalue weighted by Crippen LogP contribution is 2.18. The van der Waals surface area contributed by atoms with Gasteiger partial charge in [0.15, 0.2) is 0 Å². The first-order chi connectivity index (χ1) is 8.07. The molecule has 0 aliphatic rings. The zero-order valence-corrected chi connectivity index (χ0v) is 13.2. The second kappa shape index (κ2) is 18.9. The molecule has 3 nitrogen and oxygen atoms in total. The average Bonchev–Trinajstić information content (AvgIpc) is 2.42. The van der Waals surface area contributed by atoms with Crippen molar-refractivity contribution in [2.75, 3.05) is 31.3 Å². The summed E-state index contributed by atoms with van der Waals surface area (Å²) >= 11 is 7.84. The minimum Gasteiger partial charge on any atom is -0.396 e. The van der Waals surface area contributed by atoms with Gasteiger partial charge in [0, 0.05) is 5.41 Å². The van der Waals surface area contributed by atoms with Gasteiger partial charge in [-0.05, 0) is 30.8 Å². The van der Waals surface area contributed by atoms with E-state index >= 15 is 0 Å². The Hall–Kier alpha value is 0.580. The molecule has 0 aromatic rings. The molecule has 5 heteroatoms. The summed E-state index contributed by atoms with van der Waals surface area (Å²) in [5.41, 5.74) is -0.667. The largest absolute Gasteiger partial charge is 0.396 e. The van der Waals surface area contributed by atoms with Gasteiger partial charge in [-0.15, -0.1) is 0 Å². The summed E-state index contributed by atoms with van der Waals surface area (Å²) in [4.78, 5) is 0. The zero-order valence-electron chi connectivity index (χ0n) is 11.4. The first-order valence-corrected chi connectivity index (χ1v) is 7.38. The standard InChI is InChI=1S/C6H14O3.2C3H8S/c1-2-6(3-7,4-8)5-9;2*1-2-3-4/h7-9H,2-5H2,1H3;2*4H,2-3H2,1H3. The molecule has 0 heterocycles. The van der Waals surface area contributed by atoms with E-state index in [1.807, 2.05) is 6.92 Å². The van der Waals surface area contributed by atoms with Crippen LogP contribution >= 0.6 is 25.3 Å². The third kappa shape index (κ3) is 16.6. The van der Waals surface area contributed by atoms with Crippen LogP contribution < -0.4 is 0 Å². The second-order valence-electron chi connectivity index (χ2n) is 3.78. The maximum atomic E-state index is 8.66. The van der Waals surface area contributed by atoms with Gasteiger partial charge in [-0.2, -0.15) is 25.3 Å². The fourth-order valence-electron chi connectivity index (χ4n) is 0.485. The molecule has 108 valence electrons. The smallest absolute Gasteiger partial charge is 0.0531 e. The quantitative estimate of drug-likeness (QED) is 0.486. The van der Waals surface area contributed by atoms with E-state index in [2.05, 4.69) is 39.1 Å². The van der Waals surface area contributed by atoms with Crippen molar-refractivity contribution in [3.05, 3.63) is 0 Å². The number of aliphatic hydroxyl groups excluding tert-OH is 3. The summed E-state index contributed by atoms with van der Waals surface area (Å²) in [6, 6.07) is 0. The molecular formula is C12H30O3S2. The topological polar surface area (TPSA) is 60.7 Å². The van der Waals surface area contributed by atoms with Crippen LogP contribution in [-0.4, -0.2) is 46.6 Å². The van der Waals surface area contributed by atoms with E-state index in [4.69, 9.17) is 15.3 Å². The highest BCUT2D eigenvalue weighted by atomic mass is 32.1. The first kappa shape index (κ1) is 22.7. The van der Waals surface area contributed by atoms with E-state index in [1.165, 1.54) is 12.8 Å². The summed E-state index contributed by atoms with van der Waals surface area (Å²) in [6.45, 7) is 5.56. The average molecular weight is 287 g/mol. The summed E-state index contributed by atoms with van der Waals surface area (Å²) in [5.74, 6) is 2.03. The minimum atomic E-state index is -0.667. The predicted octanol–water partition coefficient (Wildman–Crippen LogP) is 2.01. The molecule has 0 fully saturated rings. The van der Waals surface area contributed by atoms with Gasteiger partial charge >= 0.3 is 0 Å². The Morgan fingerprint density at radius 3 is 1.00 bits per heavy atom. The zero-order chi connectivity index (χ0) is 14.2. The fourth-order valence-corrected chi connectivity index (χ4v) is 0.485. The fraction of sp³-hybridized carbons (Fsp3) is 1.00. The third-order valence-corrected chi connectivity index (χ3v) is 3.10. The summed E-state index contributed by atoms with van der Waals surface area (Å²) in [6.07, 6.45) is 2.96. The Labute approximate surface area is 117 Å². The van der Waals surface area contributed by atoms with Crippen molar-refractivity contribution in [1.82, 2.24) is 0 Å². The van der Waals surface area contributed by atoms with Crippen molar-refractivity contribution in [1.29, 1.82) is 0 Å². The molecule has 0 spiro atoms. The van der Waals surface area contributed by atoms with E-state index in [1.54, 1.807) is 0 Å². The predicted molar refractivity (Wildman–Crippen MR) is 82.3 cm³/mol. The Kier molecular flexibility index (Phi) is 25.3. The molecule has 3 N–H and O–H groups in total. The number of rotatable bonds is 6. The minimum absolute atomic E-state index is 0.156. The molecule has 0 bridgehead atoms. The van der Waals surface area contributed by atoms with Crippen molar-refractivity contribution in [2.45, 2.75) is 40.0 Å². The van der Waals surface area contributed by atoms with Gasteiger partial charge in [0.1, 0.15) is 0 Å². The lowest BCUT2D eigenvalue weighted by Crippen LogP contribution is -2.32. The van der Waals surface area contributed by atoms with Gasteiger partial charge in [0.25, 0.3) is 0 Å². The van der Waals surface area contributed by atoms with Crippen LogP contribution in [0.2, 0.25) is 0 Å². The van der Waals surface area contributed by atoms with E-state index in [9.17, 15) is 0 Å². The van der Waals surface area contributed by atoms with Crippen molar-refractivity contribution in [2.24, 2.45) is 5.41 Å². The van der Waals surface area contributed by atoms with E-state index in [0.29, 0.717) is 6.42 Å². The van der Waals surface area contributed by atoms with Crippen molar-refractivity contribution >= 4 is 25.3 Å². The van der Waals surface area contributed by atoms with Crippen molar-refractivity contribution in [3.63, 3.8) is 0 Å². The van der Waals surface area contributed by atoms with Crippen LogP contribution in [0.25, 0.3) is 0 Å². The normalized spacial score (nSPS) is 9.88. The molecule has 0 rings (SSSR count). The highest BCUT2D eigenvalue weighted by Gasteiger charge is 2.24. The lowest BCUT2D eigenvalue weighted by atomic mass is 9.88. The SMILES string of the molecule is CCC(CO)(CO)CO.CCCS.CCCS. The van der Waals surface area contributed by atoms with E-state index in [-0.39, 0.29) is 19.8 Å². The Balaban J connectivity index is -0.000000205. The number of hydrogen-bond acceptors (Lipinski definition) is 5.